The minimum atomic E-state index is -0.744. The first kappa shape index (κ1) is 15.5. The predicted molar refractivity (Wildman–Crippen MR) is 87.3 cm³/mol. The molecule has 1 aliphatic heterocycles. The molecule has 0 amide bonds. The lowest BCUT2D eigenvalue weighted by molar-refractivity contribution is -0.142. The molecule has 2 aromatic rings. The number of hydrogen-bond donors (Lipinski definition) is 1. The maximum Gasteiger partial charge on any atom is 0.320 e. The molecule has 23 heavy (non-hydrogen) atoms. The van der Waals surface area contributed by atoms with Crippen LogP contribution in [0.15, 0.2) is 42.7 Å². The summed E-state index contributed by atoms with van der Waals surface area (Å²) < 4.78 is 5.46. The first-order chi connectivity index (χ1) is 11.2. The molecule has 1 aromatic heterocycles. The number of benzene rings is 1. The zero-order valence-electron chi connectivity index (χ0n) is 13.1. The second-order valence-corrected chi connectivity index (χ2v) is 5.73. The van der Waals surface area contributed by atoms with Crippen LogP contribution in [0, 0.1) is 0 Å². The first-order valence-electron chi connectivity index (χ1n) is 7.73. The number of pyridine rings is 1. The average Bonchev–Trinajstić information content (AvgIpc) is 3.04. The Morgan fingerprint density at radius 1 is 1.30 bits per heavy atom. The molecule has 1 saturated heterocycles. The van der Waals surface area contributed by atoms with E-state index in [-0.39, 0.29) is 0 Å². The Morgan fingerprint density at radius 3 is 2.78 bits per heavy atom. The van der Waals surface area contributed by atoms with Gasteiger partial charge in [0.05, 0.1) is 7.11 Å². The van der Waals surface area contributed by atoms with Crippen LogP contribution < -0.4 is 4.74 Å². The van der Waals surface area contributed by atoms with Crippen LogP contribution in [-0.2, 0) is 11.3 Å². The van der Waals surface area contributed by atoms with Crippen molar-refractivity contribution in [2.45, 2.75) is 25.4 Å². The minimum Gasteiger partial charge on any atom is -0.496 e. The predicted octanol–water partition coefficient (Wildman–Crippen LogP) is 2.81. The van der Waals surface area contributed by atoms with Gasteiger partial charge < -0.3 is 9.84 Å². The van der Waals surface area contributed by atoms with Crippen LogP contribution in [0.2, 0.25) is 0 Å². The Balaban J connectivity index is 1.89. The Bertz CT molecular complexity index is 688. The molecule has 120 valence electrons. The topological polar surface area (TPSA) is 62.7 Å². The monoisotopic (exact) mass is 312 g/mol. The maximum atomic E-state index is 11.4. The Kier molecular flexibility index (Phi) is 4.57. The second-order valence-electron chi connectivity index (χ2n) is 5.73. The number of carboxylic acids is 1. The van der Waals surface area contributed by atoms with Crippen LogP contribution in [0.4, 0.5) is 0 Å². The average molecular weight is 312 g/mol. The van der Waals surface area contributed by atoms with E-state index in [9.17, 15) is 9.90 Å². The van der Waals surface area contributed by atoms with Crippen molar-refractivity contribution in [2.24, 2.45) is 0 Å². The van der Waals surface area contributed by atoms with Crippen LogP contribution in [-0.4, -0.2) is 40.7 Å². The largest absolute Gasteiger partial charge is 0.496 e. The van der Waals surface area contributed by atoms with Crippen LogP contribution in [0.1, 0.15) is 18.4 Å². The number of rotatable bonds is 5. The summed E-state index contributed by atoms with van der Waals surface area (Å²) in [5, 5.41) is 9.34. The van der Waals surface area contributed by atoms with Crippen LogP contribution in [0.5, 0.6) is 5.75 Å². The molecule has 0 radical (unpaired) electrons. The number of aliphatic carboxylic acids is 1. The fraction of sp³-hybridized carbons (Fsp3) is 0.333. The van der Waals surface area contributed by atoms with Gasteiger partial charge in [-0.25, -0.2) is 0 Å². The summed E-state index contributed by atoms with van der Waals surface area (Å²) in [5.74, 6) is 0.0469. The second kappa shape index (κ2) is 6.79. The van der Waals surface area contributed by atoms with Crippen LogP contribution in [0.3, 0.4) is 0 Å². The molecule has 1 N–H and O–H groups in total. The molecule has 0 bridgehead atoms. The molecule has 5 nitrogen and oxygen atoms in total. The molecule has 3 rings (SSSR count). The SMILES string of the molecule is COc1ccc(-c2ccncc2)cc1CN1CCC[C@H]1C(=O)O. The molecule has 2 heterocycles. The van der Waals surface area contributed by atoms with Crippen molar-refractivity contribution < 1.29 is 14.6 Å². The van der Waals surface area contributed by atoms with Gasteiger partial charge in [0, 0.05) is 24.5 Å². The van der Waals surface area contributed by atoms with E-state index < -0.39 is 12.0 Å². The van der Waals surface area contributed by atoms with Gasteiger partial charge in [-0.15, -0.1) is 0 Å². The number of carboxylic acid groups (broad SMARTS) is 1. The van der Waals surface area contributed by atoms with Gasteiger partial charge in [0.2, 0.25) is 0 Å². The van der Waals surface area contributed by atoms with Crippen molar-refractivity contribution in [3.05, 3.63) is 48.3 Å². The Hall–Kier alpha value is -2.40. The molecular weight excluding hydrogens is 292 g/mol. The smallest absolute Gasteiger partial charge is 0.320 e. The Labute approximate surface area is 135 Å². The molecule has 1 aliphatic rings. The van der Waals surface area contributed by atoms with E-state index in [2.05, 4.69) is 11.1 Å². The minimum absolute atomic E-state index is 0.399. The van der Waals surface area contributed by atoms with Crippen molar-refractivity contribution in [2.75, 3.05) is 13.7 Å². The summed E-state index contributed by atoms with van der Waals surface area (Å²) in [4.78, 5) is 17.4. The molecule has 0 aliphatic carbocycles. The summed E-state index contributed by atoms with van der Waals surface area (Å²) in [5.41, 5.74) is 3.17. The number of aromatic nitrogens is 1. The fourth-order valence-corrected chi connectivity index (χ4v) is 3.14. The molecule has 1 fully saturated rings. The van der Waals surface area contributed by atoms with Crippen LogP contribution in [0.25, 0.3) is 11.1 Å². The summed E-state index contributed by atoms with van der Waals surface area (Å²) in [6.07, 6.45) is 5.16. The summed E-state index contributed by atoms with van der Waals surface area (Å²) in [7, 11) is 1.64. The highest BCUT2D eigenvalue weighted by molar-refractivity contribution is 5.74. The van der Waals surface area contributed by atoms with Gasteiger partial charge in [0.15, 0.2) is 0 Å². The number of hydrogen-bond acceptors (Lipinski definition) is 4. The molecule has 5 heteroatoms. The maximum absolute atomic E-state index is 11.4. The summed E-state index contributed by atoms with van der Waals surface area (Å²) in [6, 6.07) is 9.55. The highest BCUT2D eigenvalue weighted by Crippen LogP contribution is 2.29. The molecule has 0 unspecified atom stereocenters. The third kappa shape index (κ3) is 3.35. The van der Waals surface area contributed by atoms with Crippen molar-refractivity contribution in [3.63, 3.8) is 0 Å². The summed E-state index contributed by atoms with van der Waals surface area (Å²) in [6.45, 7) is 1.39. The number of likely N-dealkylation sites (tertiary alicyclic amines) is 1. The van der Waals surface area contributed by atoms with Crippen molar-refractivity contribution >= 4 is 5.97 Å². The van der Waals surface area contributed by atoms with Gasteiger partial charge in [-0.3, -0.25) is 14.7 Å². The summed E-state index contributed by atoms with van der Waals surface area (Å²) >= 11 is 0. The lowest BCUT2D eigenvalue weighted by atomic mass is 10.0. The van der Waals surface area contributed by atoms with Crippen molar-refractivity contribution in [1.29, 1.82) is 0 Å². The normalized spacial score (nSPS) is 18.0. The standard InChI is InChI=1S/C18H20N2O3/c1-23-17-5-4-14(13-6-8-19-9-7-13)11-15(17)12-20-10-2-3-16(20)18(21)22/h4-9,11,16H,2-3,10,12H2,1H3,(H,21,22)/t16-/m0/s1. The van der Waals surface area contributed by atoms with E-state index in [1.807, 2.05) is 29.2 Å². The number of ether oxygens (including phenoxy) is 1. The highest BCUT2D eigenvalue weighted by atomic mass is 16.5. The number of carbonyl (C=O) groups is 1. The van der Waals surface area contributed by atoms with Gasteiger partial charge in [-0.2, -0.15) is 0 Å². The zero-order valence-corrected chi connectivity index (χ0v) is 13.1. The van der Waals surface area contributed by atoms with Gasteiger partial charge in [-0.05, 0) is 54.8 Å². The third-order valence-corrected chi connectivity index (χ3v) is 4.32. The highest BCUT2D eigenvalue weighted by Gasteiger charge is 2.30. The molecule has 0 spiro atoms. The van der Waals surface area contributed by atoms with E-state index in [0.717, 1.165) is 35.4 Å². The van der Waals surface area contributed by atoms with E-state index in [4.69, 9.17) is 4.74 Å². The lowest BCUT2D eigenvalue weighted by Gasteiger charge is -2.22. The van der Waals surface area contributed by atoms with Crippen molar-refractivity contribution in [1.82, 2.24) is 9.88 Å². The lowest BCUT2D eigenvalue weighted by Crippen LogP contribution is -2.35. The molecular formula is C18H20N2O3. The number of methoxy groups -OCH3 is 1. The third-order valence-electron chi connectivity index (χ3n) is 4.32. The first-order valence-corrected chi connectivity index (χ1v) is 7.73. The van der Waals surface area contributed by atoms with Gasteiger partial charge in [-0.1, -0.05) is 6.07 Å². The molecule has 1 atom stereocenters. The van der Waals surface area contributed by atoms with Gasteiger partial charge in [0.25, 0.3) is 0 Å². The quantitative estimate of drug-likeness (QED) is 0.920. The number of nitrogens with zero attached hydrogens (tertiary/aromatic N) is 2. The fourth-order valence-electron chi connectivity index (χ4n) is 3.14. The van der Waals surface area contributed by atoms with Gasteiger partial charge >= 0.3 is 5.97 Å². The van der Waals surface area contributed by atoms with Gasteiger partial charge in [0.1, 0.15) is 11.8 Å². The molecule has 0 saturated carbocycles. The van der Waals surface area contributed by atoms with E-state index in [0.29, 0.717) is 13.0 Å². The van der Waals surface area contributed by atoms with Crippen molar-refractivity contribution in [3.8, 4) is 16.9 Å². The van der Waals surface area contributed by atoms with E-state index in [1.54, 1.807) is 19.5 Å². The van der Waals surface area contributed by atoms with E-state index in [1.165, 1.54) is 0 Å². The van der Waals surface area contributed by atoms with Crippen LogP contribution >= 0.6 is 0 Å². The van der Waals surface area contributed by atoms with E-state index >= 15 is 0 Å². The molecule has 1 aromatic carbocycles. The Morgan fingerprint density at radius 2 is 2.09 bits per heavy atom. The zero-order chi connectivity index (χ0) is 16.2.